The van der Waals surface area contributed by atoms with E-state index < -0.39 is 38.8 Å². The van der Waals surface area contributed by atoms with Crippen molar-refractivity contribution in [2.75, 3.05) is 6.61 Å². The lowest BCUT2D eigenvalue weighted by molar-refractivity contribution is -0.385. The highest BCUT2D eigenvalue weighted by molar-refractivity contribution is 5.75. The summed E-state index contributed by atoms with van der Waals surface area (Å²) < 4.78 is 50.6. The molecule has 1 aromatic heterocycles. The van der Waals surface area contributed by atoms with Crippen LogP contribution in [0.3, 0.4) is 0 Å². The van der Waals surface area contributed by atoms with Gasteiger partial charge in [0.25, 0.3) is 11.4 Å². The minimum absolute atomic E-state index is 0.0403. The number of aromatic nitrogens is 1. The molecular formula is C17H12F3N3O7. The molecule has 0 saturated heterocycles. The average Bonchev–Trinajstić information content (AvgIpc) is 2.98. The van der Waals surface area contributed by atoms with E-state index in [1.54, 1.807) is 0 Å². The van der Waals surface area contributed by atoms with E-state index in [4.69, 9.17) is 9.15 Å². The Labute approximate surface area is 164 Å². The second kappa shape index (κ2) is 7.85. The van der Waals surface area contributed by atoms with Gasteiger partial charge in [-0.25, -0.2) is 4.79 Å². The van der Waals surface area contributed by atoms with Crippen molar-refractivity contribution in [1.82, 2.24) is 4.57 Å². The van der Waals surface area contributed by atoms with Gasteiger partial charge in [0.05, 0.1) is 22.0 Å². The first kappa shape index (κ1) is 20.8. The van der Waals surface area contributed by atoms with Gasteiger partial charge in [-0.15, -0.1) is 0 Å². The van der Waals surface area contributed by atoms with E-state index >= 15 is 0 Å². The number of alkyl halides is 3. The van der Waals surface area contributed by atoms with Crippen molar-refractivity contribution in [2.24, 2.45) is 0 Å². The van der Waals surface area contributed by atoms with Gasteiger partial charge < -0.3 is 9.15 Å². The molecule has 1 heterocycles. The number of nitro groups is 2. The van der Waals surface area contributed by atoms with E-state index in [1.807, 2.05) is 0 Å². The fourth-order valence-corrected chi connectivity index (χ4v) is 2.76. The lowest BCUT2D eigenvalue weighted by atomic mass is 10.1. The fraction of sp³-hybridized carbons (Fsp3) is 0.235. The Bertz CT molecular complexity index is 1180. The third kappa shape index (κ3) is 4.24. The number of benzene rings is 2. The van der Waals surface area contributed by atoms with Crippen LogP contribution in [0.15, 0.2) is 45.6 Å². The topological polar surface area (TPSA) is 131 Å². The van der Waals surface area contributed by atoms with Gasteiger partial charge in [0.2, 0.25) is 0 Å². The van der Waals surface area contributed by atoms with Gasteiger partial charge in [0.1, 0.15) is 11.3 Å². The monoisotopic (exact) mass is 427 g/mol. The van der Waals surface area contributed by atoms with Gasteiger partial charge in [-0.3, -0.25) is 24.8 Å². The minimum atomic E-state index is -4.86. The maximum atomic E-state index is 13.1. The highest BCUT2D eigenvalue weighted by Crippen LogP contribution is 2.38. The molecule has 0 spiro atoms. The highest BCUT2D eigenvalue weighted by Gasteiger charge is 2.36. The van der Waals surface area contributed by atoms with Crippen LogP contribution in [0.25, 0.3) is 11.1 Å². The van der Waals surface area contributed by atoms with Crippen molar-refractivity contribution >= 4 is 22.5 Å². The van der Waals surface area contributed by atoms with Crippen LogP contribution >= 0.6 is 0 Å². The Morgan fingerprint density at radius 1 is 1.03 bits per heavy atom. The van der Waals surface area contributed by atoms with Crippen molar-refractivity contribution < 1.29 is 32.2 Å². The molecule has 0 aliphatic carbocycles. The van der Waals surface area contributed by atoms with Gasteiger partial charge in [-0.2, -0.15) is 13.2 Å². The van der Waals surface area contributed by atoms with E-state index in [0.29, 0.717) is 6.07 Å². The molecule has 0 saturated carbocycles. The Kier molecular flexibility index (Phi) is 5.45. The largest absolute Gasteiger partial charge is 0.493 e. The SMILES string of the molecule is O=c1oc2ccc([N+](=O)[O-])cc2n1CCCOc1ccc([N+](=O)[O-])cc1C(F)(F)F. The van der Waals surface area contributed by atoms with Gasteiger partial charge in [-0.1, -0.05) is 0 Å². The zero-order chi connectivity index (χ0) is 22.1. The lowest BCUT2D eigenvalue weighted by Crippen LogP contribution is -2.16. The number of oxazole rings is 1. The van der Waals surface area contributed by atoms with E-state index in [0.717, 1.165) is 22.8 Å². The Balaban J connectivity index is 1.75. The molecule has 3 aromatic rings. The van der Waals surface area contributed by atoms with Crippen molar-refractivity contribution in [3.63, 3.8) is 0 Å². The van der Waals surface area contributed by atoms with E-state index in [-0.39, 0.29) is 36.4 Å². The fourth-order valence-electron chi connectivity index (χ4n) is 2.76. The molecule has 30 heavy (non-hydrogen) atoms. The second-order valence-electron chi connectivity index (χ2n) is 6.07. The summed E-state index contributed by atoms with van der Waals surface area (Å²) in [5.41, 5.74) is -1.98. The molecule has 0 aliphatic rings. The Morgan fingerprint density at radius 2 is 1.67 bits per heavy atom. The summed E-state index contributed by atoms with van der Waals surface area (Å²) in [7, 11) is 0. The smallest absolute Gasteiger partial charge is 0.420 e. The molecule has 158 valence electrons. The van der Waals surface area contributed by atoms with Crippen LogP contribution in [0.5, 0.6) is 5.75 Å². The number of halogens is 3. The summed E-state index contributed by atoms with van der Waals surface area (Å²) in [6.07, 6.45) is -4.80. The summed E-state index contributed by atoms with van der Waals surface area (Å²) in [5.74, 6) is -1.37. The second-order valence-corrected chi connectivity index (χ2v) is 6.07. The number of fused-ring (bicyclic) bond motifs is 1. The summed E-state index contributed by atoms with van der Waals surface area (Å²) in [5, 5.41) is 21.6. The van der Waals surface area contributed by atoms with Crippen LogP contribution in [-0.2, 0) is 12.7 Å². The van der Waals surface area contributed by atoms with Crippen molar-refractivity contribution in [3.8, 4) is 5.75 Å². The van der Waals surface area contributed by atoms with Gasteiger partial charge in [0.15, 0.2) is 5.58 Å². The molecule has 3 rings (SSSR count). The van der Waals surface area contributed by atoms with Crippen molar-refractivity contribution in [2.45, 2.75) is 19.1 Å². The number of non-ortho nitro benzene ring substituents is 2. The Hall–Kier alpha value is -3.90. The molecular weight excluding hydrogens is 415 g/mol. The third-order valence-electron chi connectivity index (χ3n) is 4.12. The molecule has 0 aliphatic heterocycles. The molecule has 2 aromatic carbocycles. The maximum Gasteiger partial charge on any atom is 0.420 e. The summed E-state index contributed by atoms with van der Waals surface area (Å²) >= 11 is 0. The number of nitrogens with zero attached hydrogens (tertiary/aromatic N) is 3. The number of hydrogen-bond donors (Lipinski definition) is 0. The molecule has 13 heteroatoms. The quantitative estimate of drug-likeness (QED) is 0.317. The van der Waals surface area contributed by atoms with Crippen LogP contribution < -0.4 is 10.5 Å². The number of ether oxygens (including phenoxy) is 1. The van der Waals surface area contributed by atoms with E-state index in [2.05, 4.69) is 0 Å². The number of rotatable bonds is 7. The molecule has 0 atom stereocenters. The predicted molar refractivity (Wildman–Crippen MR) is 95.3 cm³/mol. The molecule has 0 amide bonds. The van der Waals surface area contributed by atoms with Crippen LogP contribution in [0.2, 0.25) is 0 Å². The number of aryl methyl sites for hydroxylation is 1. The van der Waals surface area contributed by atoms with Crippen LogP contribution in [-0.4, -0.2) is 21.0 Å². The van der Waals surface area contributed by atoms with E-state index in [1.165, 1.54) is 12.1 Å². The normalized spacial score (nSPS) is 11.6. The van der Waals surface area contributed by atoms with Crippen LogP contribution in [0.4, 0.5) is 24.5 Å². The minimum Gasteiger partial charge on any atom is -0.493 e. The summed E-state index contributed by atoms with van der Waals surface area (Å²) in [6.45, 7) is -0.295. The van der Waals surface area contributed by atoms with E-state index in [9.17, 15) is 38.2 Å². The zero-order valence-corrected chi connectivity index (χ0v) is 14.9. The standard InChI is InChI=1S/C17H12F3N3O7/c18-17(19,20)12-8-10(22(25)26)2-4-14(12)29-7-1-6-21-13-9-11(23(27)28)3-5-15(13)30-16(21)24/h2-5,8-9H,1,6-7H2. The average molecular weight is 427 g/mol. The molecule has 0 fully saturated rings. The predicted octanol–water partition coefficient (Wildman–Crippen LogP) is 3.90. The summed E-state index contributed by atoms with van der Waals surface area (Å²) in [4.78, 5) is 31.9. The zero-order valence-electron chi connectivity index (χ0n) is 14.9. The number of hydrogen-bond acceptors (Lipinski definition) is 7. The molecule has 0 unspecified atom stereocenters. The van der Waals surface area contributed by atoms with Crippen molar-refractivity contribution in [3.05, 3.63) is 72.7 Å². The van der Waals surface area contributed by atoms with Crippen LogP contribution in [0, 0.1) is 20.2 Å². The lowest BCUT2D eigenvalue weighted by Gasteiger charge is -2.13. The van der Waals surface area contributed by atoms with Crippen molar-refractivity contribution in [1.29, 1.82) is 0 Å². The third-order valence-corrected chi connectivity index (χ3v) is 4.12. The molecule has 10 nitrogen and oxygen atoms in total. The summed E-state index contributed by atoms with van der Waals surface area (Å²) in [6, 6.07) is 5.71. The molecule has 0 radical (unpaired) electrons. The van der Waals surface area contributed by atoms with Gasteiger partial charge in [0, 0.05) is 30.8 Å². The first-order valence-electron chi connectivity index (χ1n) is 8.34. The maximum absolute atomic E-state index is 13.1. The molecule has 0 N–H and O–H groups in total. The van der Waals surface area contributed by atoms with Crippen LogP contribution in [0.1, 0.15) is 12.0 Å². The number of nitro benzene ring substituents is 2. The van der Waals surface area contributed by atoms with Gasteiger partial charge in [-0.05, 0) is 18.6 Å². The van der Waals surface area contributed by atoms with Gasteiger partial charge >= 0.3 is 11.9 Å². The first-order valence-corrected chi connectivity index (χ1v) is 8.34. The molecule has 0 bridgehead atoms. The highest BCUT2D eigenvalue weighted by atomic mass is 19.4. The first-order chi connectivity index (χ1) is 14.1. The Morgan fingerprint density at radius 3 is 2.30 bits per heavy atom.